The third-order valence-corrected chi connectivity index (χ3v) is 4.64. The first kappa shape index (κ1) is 14.9. The van der Waals surface area contributed by atoms with E-state index in [0.717, 1.165) is 51.3 Å². The van der Waals surface area contributed by atoms with Gasteiger partial charge in [0.05, 0.1) is 13.2 Å². The number of hydrogen-bond acceptors (Lipinski definition) is 3. The molecule has 116 valence electrons. The zero-order valence-electron chi connectivity index (χ0n) is 12.7. The van der Waals surface area contributed by atoms with E-state index in [1.165, 1.54) is 0 Å². The molecule has 3 rings (SSSR count). The standard InChI is InChI=1S/C17H25FN2O/c1-13(12-20-6-8-21-9-7-20)19-15-10-14(11-15)16-4-2-3-5-17(16)18/h2-5,13-15,19H,6-12H2,1H3. The highest BCUT2D eigenvalue weighted by Crippen LogP contribution is 2.38. The van der Waals surface area contributed by atoms with Gasteiger partial charge in [0, 0.05) is 31.7 Å². The van der Waals surface area contributed by atoms with Crippen LogP contribution < -0.4 is 5.32 Å². The lowest BCUT2D eigenvalue weighted by molar-refractivity contribution is 0.0330. The molecule has 1 aromatic carbocycles. The van der Waals surface area contributed by atoms with Gasteiger partial charge in [0.2, 0.25) is 0 Å². The Morgan fingerprint density at radius 2 is 2.00 bits per heavy atom. The normalized spacial score (nSPS) is 28.1. The summed E-state index contributed by atoms with van der Waals surface area (Å²) >= 11 is 0. The maximum atomic E-state index is 13.7. The van der Waals surface area contributed by atoms with Gasteiger partial charge in [-0.3, -0.25) is 4.90 Å². The van der Waals surface area contributed by atoms with Crippen LogP contribution in [0.2, 0.25) is 0 Å². The van der Waals surface area contributed by atoms with Crippen LogP contribution in [0.15, 0.2) is 24.3 Å². The van der Waals surface area contributed by atoms with Crippen molar-refractivity contribution in [2.75, 3.05) is 32.8 Å². The van der Waals surface area contributed by atoms with Gasteiger partial charge in [-0.1, -0.05) is 18.2 Å². The minimum Gasteiger partial charge on any atom is -0.379 e. The first-order valence-electron chi connectivity index (χ1n) is 8.03. The second-order valence-electron chi connectivity index (χ2n) is 6.37. The highest BCUT2D eigenvalue weighted by atomic mass is 19.1. The SMILES string of the molecule is CC(CN1CCOCC1)NC1CC(c2ccccc2F)C1. The Balaban J connectivity index is 1.41. The Bertz CT molecular complexity index is 456. The predicted octanol–water partition coefficient (Wildman–Crippen LogP) is 2.38. The fraction of sp³-hybridized carbons (Fsp3) is 0.647. The maximum Gasteiger partial charge on any atom is 0.126 e. The fourth-order valence-corrected chi connectivity index (χ4v) is 3.44. The molecule has 1 heterocycles. The largest absolute Gasteiger partial charge is 0.379 e. The van der Waals surface area contributed by atoms with Gasteiger partial charge in [-0.05, 0) is 37.3 Å². The highest BCUT2D eigenvalue weighted by Gasteiger charge is 2.32. The second-order valence-corrected chi connectivity index (χ2v) is 6.37. The van der Waals surface area contributed by atoms with Gasteiger partial charge in [-0.25, -0.2) is 4.39 Å². The molecular formula is C17H25FN2O. The lowest BCUT2D eigenvalue weighted by Gasteiger charge is -2.39. The topological polar surface area (TPSA) is 24.5 Å². The van der Waals surface area contributed by atoms with Crippen molar-refractivity contribution in [1.29, 1.82) is 0 Å². The van der Waals surface area contributed by atoms with E-state index in [4.69, 9.17) is 4.74 Å². The Kier molecular flexibility index (Phi) is 4.88. The van der Waals surface area contributed by atoms with E-state index in [0.29, 0.717) is 18.0 Å². The van der Waals surface area contributed by atoms with Gasteiger partial charge in [0.1, 0.15) is 5.82 Å². The van der Waals surface area contributed by atoms with Crippen molar-refractivity contribution in [3.63, 3.8) is 0 Å². The molecule has 1 saturated heterocycles. The van der Waals surface area contributed by atoms with E-state index < -0.39 is 0 Å². The molecule has 0 radical (unpaired) electrons. The summed E-state index contributed by atoms with van der Waals surface area (Å²) in [6, 6.07) is 8.20. The van der Waals surface area contributed by atoms with E-state index in [9.17, 15) is 4.39 Å². The van der Waals surface area contributed by atoms with Crippen molar-refractivity contribution in [3.8, 4) is 0 Å². The molecule has 21 heavy (non-hydrogen) atoms. The number of nitrogens with one attached hydrogen (secondary N) is 1. The van der Waals surface area contributed by atoms with Crippen LogP contribution in [0, 0.1) is 5.82 Å². The molecule has 0 amide bonds. The maximum absolute atomic E-state index is 13.7. The summed E-state index contributed by atoms with van der Waals surface area (Å²) in [5.74, 6) is 0.335. The average molecular weight is 292 g/mol. The van der Waals surface area contributed by atoms with Gasteiger partial charge >= 0.3 is 0 Å². The summed E-state index contributed by atoms with van der Waals surface area (Å²) in [5.41, 5.74) is 0.886. The molecule has 1 aliphatic carbocycles. The number of benzene rings is 1. The summed E-state index contributed by atoms with van der Waals surface area (Å²) < 4.78 is 19.1. The summed E-state index contributed by atoms with van der Waals surface area (Å²) in [6.45, 7) is 7.09. The Labute approximate surface area is 126 Å². The van der Waals surface area contributed by atoms with Crippen molar-refractivity contribution in [1.82, 2.24) is 10.2 Å². The molecule has 1 saturated carbocycles. The van der Waals surface area contributed by atoms with E-state index in [2.05, 4.69) is 17.1 Å². The number of ether oxygens (including phenoxy) is 1. The molecule has 1 N–H and O–H groups in total. The van der Waals surface area contributed by atoms with Crippen LogP contribution in [0.3, 0.4) is 0 Å². The van der Waals surface area contributed by atoms with Gasteiger partial charge in [0.15, 0.2) is 0 Å². The van der Waals surface area contributed by atoms with E-state index in [-0.39, 0.29) is 5.82 Å². The lowest BCUT2D eigenvalue weighted by Crippen LogP contribution is -2.50. The Morgan fingerprint density at radius 1 is 1.29 bits per heavy atom. The highest BCUT2D eigenvalue weighted by molar-refractivity contribution is 5.24. The molecule has 1 aliphatic heterocycles. The number of rotatable bonds is 5. The lowest BCUT2D eigenvalue weighted by atomic mass is 9.75. The number of hydrogen-bond donors (Lipinski definition) is 1. The predicted molar refractivity (Wildman–Crippen MR) is 82.0 cm³/mol. The third-order valence-electron chi connectivity index (χ3n) is 4.64. The zero-order chi connectivity index (χ0) is 14.7. The summed E-state index contributed by atoms with van der Waals surface area (Å²) in [6.07, 6.45) is 2.10. The Hall–Kier alpha value is -0.970. The molecule has 0 spiro atoms. The molecule has 2 fully saturated rings. The molecule has 1 aromatic rings. The molecule has 0 aromatic heterocycles. The van der Waals surface area contributed by atoms with Gasteiger partial charge < -0.3 is 10.1 Å². The van der Waals surface area contributed by atoms with Crippen LogP contribution >= 0.6 is 0 Å². The molecule has 1 unspecified atom stereocenters. The zero-order valence-corrected chi connectivity index (χ0v) is 12.7. The van der Waals surface area contributed by atoms with Crippen molar-refractivity contribution in [2.45, 2.75) is 37.8 Å². The van der Waals surface area contributed by atoms with Crippen molar-refractivity contribution in [3.05, 3.63) is 35.6 Å². The number of nitrogens with zero attached hydrogens (tertiary/aromatic N) is 1. The van der Waals surface area contributed by atoms with Crippen LogP contribution in [0.4, 0.5) is 4.39 Å². The van der Waals surface area contributed by atoms with Crippen LogP contribution in [0.1, 0.15) is 31.2 Å². The minimum absolute atomic E-state index is 0.0534. The minimum atomic E-state index is -0.0534. The quantitative estimate of drug-likeness (QED) is 0.902. The molecule has 2 aliphatic rings. The molecular weight excluding hydrogens is 267 g/mol. The molecule has 0 bridgehead atoms. The van der Waals surface area contributed by atoms with Crippen LogP contribution in [-0.2, 0) is 4.74 Å². The van der Waals surface area contributed by atoms with E-state index >= 15 is 0 Å². The van der Waals surface area contributed by atoms with Crippen molar-refractivity contribution in [2.24, 2.45) is 0 Å². The average Bonchev–Trinajstić information content (AvgIpc) is 2.45. The van der Waals surface area contributed by atoms with Gasteiger partial charge in [-0.2, -0.15) is 0 Å². The third kappa shape index (κ3) is 3.82. The smallest absolute Gasteiger partial charge is 0.126 e. The van der Waals surface area contributed by atoms with Crippen LogP contribution in [0.5, 0.6) is 0 Å². The first-order chi connectivity index (χ1) is 10.2. The van der Waals surface area contributed by atoms with Crippen LogP contribution in [0.25, 0.3) is 0 Å². The van der Waals surface area contributed by atoms with Crippen molar-refractivity contribution < 1.29 is 9.13 Å². The van der Waals surface area contributed by atoms with Gasteiger partial charge in [-0.15, -0.1) is 0 Å². The monoisotopic (exact) mass is 292 g/mol. The molecule has 3 nitrogen and oxygen atoms in total. The second kappa shape index (κ2) is 6.86. The van der Waals surface area contributed by atoms with E-state index in [1.807, 2.05) is 12.1 Å². The van der Waals surface area contributed by atoms with Crippen LogP contribution in [-0.4, -0.2) is 49.8 Å². The summed E-state index contributed by atoms with van der Waals surface area (Å²) in [7, 11) is 0. The fourth-order valence-electron chi connectivity index (χ4n) is 3.44. The molecule has 4 heteroatoms. The van der Waals surface area contributed by atoms with Gasteiger partial charge in [0.25, 0.3) is 0 Å². The number of morpholine rings is 1. The Morgan fingerprint density at radius 3 is 2.71 bits per heavy atom. The summed E-state index contributed by atoms with van der Waals surface area (Å²) in [4.78, 5) is 2.45. The first-order valence-corrected chi connectivity index (χ1v) is 8.03. The molecule has 1 atom stereocenters. The summed E-state index contributed by atoms with van der Waals surface area (Å²) in [5, 5.41) is 3.68. The van der Waals surface area contributed by atoms with E-state index in [1.54, 1.807) is 12.1 Å². The van der Waals surface area contributed by atoms with Crippen molar-refractivity contribution >= 4 is 0 Å². The number of halogens is 1.